The largest absolute Gasteiger partial charge is 0.336 e. The van der Waals surface area contributed by atoms with E-state index in [1.54, 1.807) is 36.3 Å². The van der Waals surface area contributed by atoms with Crippen LogP contribution in [0.4, 0.5) is 0 Å². The number of aromatic nitrogens is 1. The van der Waals surface area contributed by atoms with Crippen LogP contribution in [0.2, 0.25) is 5.02 Å². The number of rotatable bonds is 3. The highest BCUT2D eigenvalue weighted by Crippen LogP contribution is 2.23. The lowest BCUT2D eigenvalue weighted by Gasteiger charge is -2.17. The summed E-state index contributed by atoms with van der Waals surface area (Å²) in [6, 6.07) is 10.8. The number of halogens is 2. The molecule has 1 amide bonds. The molecular weight excluding hydrogens is 328 g/mol. The van der Waals surface area contributed by atoms with Crippen LogP contribution in [-0.2, 0) is 6.54 Å². The fraction of sp³-hybridized carbons (Fsp3) is 0.143. The second-order valence-corrected chi connectivity index (χ2v) is 5.37. The van der Waals surface area contributed by atoms with Crippen molar-refractivity contribution < 1.29 is 4.79 Å². The summed E-state index contributed by atoms with van der Waals surface area (Å²) >= 11 is 9.23. The van der Waals surface area contributed by atoms with Gasteiger partial charge in [0.2, 0.25) is 0 Å². The van der Waals surface area contributed by atoms with Gasteiger partial charge in [-0.15, -0.1) is 0 Å². The standard InChI is InChI=1S/C14H12BrClN2O/c1-18(9-11-4-2-3-7-17-11)14(19)10-5-6-13(16)12(15)8-10/h2-8H,9H2,1H3. The van der Waals surface area contributed by atoms with E-state index in [4.69, 9.17) is 11.6 Å². The summed E-state index contributed by atoms with van der Waals surface area (Å²) in [4.78, 5) is 18.1. The van der Waals surface area contributed by atoms with Gasteiger partial charge in [-0.3, -0.25) is 9.78 Å². The number of benzene rings is 1. The second kappa shape index (κ2) is 6.17. The molecule has 5 heteroatoms. The second-order valence-electron chi connectivity index (χ2n) is 4.11. The summed E-state index contributed by atoms with van der Waals surface area (Å²) < 4.78 is 0.714. The van der Waals surface area contributed by atoms with E-state index in [0.717, 1.165) is 5.69 Å². The maximum absolute atomic E-state index is 12.2. The highest BCUT2D eigenvalue weighted by Gasteiger charge is 2.13. The predicted molar refractivity (Wildman–Crippen MR) is 79.2 cm³/mol. The molecule has 19 heavy (non-hydrogen) atoms. The van der Waals surface area contributed by atoms with Crippen LogP contribution < -0.4 is 0 Å². The highest BCUT2D eigenvalue weighted by molar-refractivity contribution is 9.10. The van der Waals surface area contributed by atoms with Crippen LogP contribution >= 0.6 is 27.5 Å². The molecular formula is C14H12BrClN2O. The molecule has 0 aliphatic carbocycles. The predicted octanol–water partition coefficient (Wildman–Crippen LogP) is 3.77. The Bertz CT molecular complexity index is 589. The zero-order chi connectivity index (χ0) is 13.8. The van der Waals surface area contributed by atoms with E-state index >= 15 is 0 Å². The number of hydrogen-bond acceptors (Lipinski definition) is 2. The van der Waals surface area contributed by atoms with Crippen LogP contribution in [0.5, 0.6) is 0 Å². The fourth-order valence-electron chi connectivity index (χ4n) is 1.66. The van der Waals surface area contributed by atoms with Gasteiger partial charge in [-0.1, -0.05) is 17.7 Å². The number of amides is 1. The topological polar surface area (TPSA) is 33.2 Å². The van der Waals surface area contributed by atoms with Crippen molar-refractivity contribution in [2.75, 3.05) is 7.05 Å². The molecule has 0 aliphatic heterocycles. The molecule has 2 rings (SSSR count). The molecule has 2 aromatic rings. The zero-order valence-electron chi connectivity index (χ0n) is 10.3. The Morgan fingerprint density at radius 3 is 2.79 bits per heavy atom. The van der Waals surface area contributed by atoms with Crippen molar-refractivity contribution in [1.82, 2.24) is 9.88 Å². The Kier molecular flexibility index (Phi) is 4.56. The van der Waals surface area contributed by atoms with Gasteiger partial charge in [-0.2, -0.15) is 0 Å². The molecule has 0 fully saturated rings. The smallest absolute Gasteiger partial charge is 0.253 e. The summed E-state index contributed by atoms with van der Waals surface area (Å²) in [5.74, 6) is -0.0666. The molecule has 0 saturated carbocycles. The first kappa shape index (κ1) is 14.0. The third-order valence-corrected chi connectivity index (χ3v) is 3.85. The molecule has 1 aromatic heterocycles. The summed E-state index contributed by atoms with van der Waals surface area (Å²) in [5, 5.41) is 0.587. The molecule has 0 atom stereocenters. The molecule has 0 radical (unpaired) electrons. The quantitative estimate of drug-likeness (QED) is 0.853. The van der Waals surface area contributed by atoms with E-state index in [-0.39, 0.29) is 5.91 Å². The van der Waals surface area contributed by atoms with Crippen molar-refractivity contribution in [3.63, 3.8) is 0 Å². The first-order chi connectivity index (χ1) is 9.08. The van der Waals surface area contributed by atoms with Crippen molar-refractivity contribution in [2.24, 2.45) is 0 Å². The maximum Gasteiger partial charge on any atom is 0.253 e. The third kappa shape index (κ3) is 3.55. The van der Waals surface area contributed by atoms with Crippen LogP contribution in [0.15, 0.2) is 47.1 Å². The van der Waals surface area contributed by atoms with E-state index in [1.165, 1.54) is 0 Å². The summed E-state index contributed by atoms with van der Waals surface area (Å²) in [6.45, 7) is 0.472. The summed E-state index contributed by atoms with van der Waals surface area (Å²) in [5.41, 5.74) is 1.45. The first-order valence-electron chi connectivity index (χ1n) is 5.68. The lowest BCUT2D eigenvalue weighted by atomic mass is 10.2. The average Bonchev–Trinajstić information content (AvgIpc) is 2.42. The van der Waals surface area contributed by atoms with Crippen LogP contribution in [0.25, 0.3) is 0 Å². The van der Waals surface area contributed by atoms with Gasteiger partial charge in [0, 0.05) is 23.3 Å². The molecule has 0 unspecified atom stereocenters. The van der Waals surface area contributed by atoms with Gasteiger partial charge in [0.05, 0.1) is 17.3 Å². The molecule has 98 valence electrons. The van der Waals surface area contributed by atoms with Crippen LogP contribution in [-0.4, -0.2) is 22.8 Å². The van der Waals surface area contributed by atoms with E-state index in [1.807, 2.05) is 18.2 Å². The van der Waals surface area contributed by atoms with Crippen LogP contribution in [0, 0.1) is 0 Å². The third-order valence-electron chi connectivity index (χ3n) is 2.64. The summed E-state index contributed by atoms with van der Waals surface area (Å²) in [6.07, 6.45) is 1.71. The lowest BCUT2D eigenvalue weighted by Crippen LogP contribution is -2.26. The molecule has 0 N–H and O–H groups in total. The van der Waals surface area contributed by atoms with Gasteiger partial charge in [0.1, 0.15) is 0 Å². The molecule has 0 bridgehead atoms. The molecule has 1 heterocycles. The SMILES string of the molecule is CN(Cc1ccccn1)C(=O)c1ccc(Cl)c(Br)c1. The monoisotopic (exact) mass is 338 g/mol. The number of nitrogens with zero attached hydrogens (tertiary/aromatic N) is 2. The number of hydrogen-bond donors (Lipinski definition) is 0. The number of pyridine rings is 1. The molecule has 1 aromatic carbocycles. The van der Waals surface area contributed by atoms with Gasteiger partial charge < -0.3 is 4.90 Å². The zero-order valence-corrected chi connectivity index (χ0v) is 12.6. The van der Waals surface area contributed by atoms with Gasteiger partial charge in [-0.25, -0.2) is 0 Å². The average molecular weight is 340 g/mol. The van der Waals surface area contributed by atoms with Crippen molar-refractivity contribution in [3.05, 3.63) is 63.3 Å². The van der Waals surface area contributed by atoms with Crippen molar-refractivity contribution in [3.8, 4) is 0 Å². The van der Waals surface area contributed by atoms with Crippen LogP contribution in [0.1, 0.15) is 16.1 Å². The van der Waals surface area contributed by atoms with Crippen molar-refractivity contribution in [1.29, 1.82) is 0 Å². The Morgan fingerprint density at radius 2 is 2.16 bits per heavy atom. The van der Waals surface area contributed by atoms with E-state index in [0.29, 0.717) is 21.6 Å². The van der Waals surface area contributed by atoms with Crippen LogP contribution in [0.3, 0.4) is 0 Å². The molecule has 0 spiro atoms. The van der Waals surface area contributed by atoms with Crippen molar-refractivity contribution in [2.45, 2.75) is 6.54 Å². The Hall–Kier alpha value is -1.39. The van der Waals surface area contributed by atoms with Gasteiger partial charge in [-0.05, 0) is 46.3 Å². The minimum absolute atomic E-state index is 0.0666. The normalized spacial score (nSPS) is 10.3. The van der Waals surface area contributed by atoms with Crippen molar-refractivity contribution >= 4 is 33.4 Å². The van der Waals surface area contributed by atoms with E-state index in [2.05, 4.69) is 20.9 Å². The minimum atomic E-state index is -0.0666. The number of carbonyl (C=O) groups excluding carboxylic acids is 1. The fourth-order valence-corrected chi connectivity index (χ4v) is 2.15. The maximum atomic E-state index is 12.2. The summed E-state index contributed by atoms with van der Waals surface area (Å²) in [7, 11) is 1.75. The molecule has 3 nitrogen and oxygen atoms in total. The first-order valence-corrected chi connectivity index (χ1v) is 6.85. The lowest BCUT2D eigenvalue weighted by molar-refractivity contribution is 0.0783. The van der Waals surface area contributed by atoms with Gasteiger partial charge in [0.25, 0.3) is 5.91 Å². The molecule has 0 saturated heterocycles. The van der Waals surface area contributed by atoms with Gasteiger partial charge >= 0.3 is 0 Å². The van der Waals surface area contributed by atoms with E-state index < -0.39 is 0 Å². The van der Waals surface area contributed by atoms with E-state index in [9.17, 15) is 4.79 Å². The molecule has 0 aliphatic rings. The Morgan fingerprint density at radius 1 is 1.37 bits per heavy atom. The number of carbonyl (C=O) groups is 1. The Labute approximate surface area is 125 Å². The highest BCUT2D eigenvalue weighted by atomic mass is 79.9. The minimum Gasteiger partial charge on any atom is -0.336 e. The Balaban J connectivity index is 2.12. The van der Waals surface area contributed by atoms with Gasteiger partial charge in [0.15, 0.2) is 0 Å².